The van der Waals surface area contributed by atoms with Crippen molar-refractivity contribution in [3.05, 3.63) is 59.9 Å². The Morgan fingerprint density at radius 2 is 1.92 bits per heavy atom. The van der Waals surface area contributed by atoms with Crippen LogP contribution in [0.1, 0.15) is 30.6 Å². The highest BCUT2D eigenvalue weighted by Gasteiger charge is 2.21. The van der Waals surface area contributed by atoms with Crippen molar-refractivity contribution in [1.82, 2.24) is 30.0 Å². The average molecular weight is 348 g/mol. The normalized spacial score (nSPS) is 16.4. The number of rotatable bonds is 6. The third kappa shape index (κ3) is 3.65. The fourth-order valence-corrected chi connectivity index (χ4v) is 3.48. The lowest BCUT2D eigenvalue weighted by Crippen LogP contribution is -2.30. The van der Waals surface area contributed by atoms with Gasteiger partial charge in [-0.1, -0.05) is 37.3 Å². The van der Waals surface area contributed by atoms with E-state index in [0.29, 0.717) is 5.92 Å². The number of fused-ring (bicyclic) bond motifs is 1. The molecule has 0 aliphatic carbocycles. The number of nitrogens with zero attached hydrogens (tertiary/aromatic N) is 5. The van der Waals surface area contributed by atoms with Crippen LogP contribution in [0.25, 0.3) is 11.4 Å². The van der Waals surface area contributed by atoms with E-state index in [0.717, 1.165) is 67.5 Å². The second kappa shape index (κ2) is 7.74. The molecule has 3 heterocycles. The van der Waals surface area contributed by atoms with Gasteiger partial charge < -0.3 is 9.88 Å². The second-order valence-corrected chi connectivity index (χ2v) is 6.81. The Kier molecular flexibility index (Phi) is 5.02. The zero-order valence-electron chi connectivity index (χ0n) is 15.1. The molecule has 0 saturated carbocycles. The Morgan fingerprint density at radius 3 is 2.69 bits per heavy atom. The van der Waals surface area contributed by atoms with Gasteiger partial charge in [0, 0.05) is 49.5 Å². The molecule has 3 aromatic rings. The van der Waals surface area contributed by atoms with Gasteiger partial charge in [-0.2, -0.15) is 0 Å². The summed E-state index contributed by atoms with van der Waals surface area (Å²) in [6.07, 6.45) is 6.96. The Morgan fingerprint density at radius 1 is 1.12 bits per heavy atom. The number of nitrogens with one attached hydrogen (secondary N) is 1. The molecule has 1 aromatic carbocycles. The van der Waals surface area contributed by atoms with Gasteiger partial charge in [0.2, 0.25) is 0 Å². The van der Waals surface area contributed by atoms with Gasteiger partial charge >= 0.3 is 0 Å². The van der Waals surface area contributed by atoms with E-state index in [1.54, 1.807) is 0 Å². The summed E-state index contributed by atoms with van der Waals surface area (Å²) in [6, 6.07) is 10.1. The van der Waals surface area contributed by atoms with Gasteiger partial charge in [0.05, 0.1) is 0 Å². The fourth-order valence-electron chi connectivity index (χ4n) is 3.48. The van der Waals surface area contributed by atoms with Crippen molar-refractivity contribution in [2.24, 2.45) is 5.92 Å². The summed E-state index contributed by atoms with van der Waals surface area (Å²) >= 11 is 0. The third-order valence-corrected chi connectivity index (χ3v) is 4.94. The summed E-state index contributed by atoms with van der Waals surface area (Å²) in [6.45, 7) is 4.93. The van der Waals surface area contributed by atoms with E-state index in [-0.39, 0.29) is 0 Å². The zero-order chi connectivity index (χ0) is 17.8. The Hall–Kier alpha value is -2.60. The lowest BCUT2D eigenvalue weighted by atomic mass is 9.99. The van der Waals surface area contributed by atoms with E-state index in [2.05, 4.69) is 37.0 Å². The monoisotopic (exact) mass is 348 g/mol. The van der Waals surface area contributed by atoms with Crippen molar-refractivity contribution in [2.45, 2.75) is 39.3 Å². The maximum Gasteiger partial charge on any atom is 0.159 e. The van der Waals surface area contributed by atoms with Gasteiger partial charge in [-0.15, -0.1) is 10.2 Å². The van der Waals surface area contributed by atoms with Crippen LogP contribution in [0.3, 0.4) is 0 Å². The van der Waals surface area contributed by atoms with Crippen LogP contribution in [0.4, 0.5) is 0 Å². The first-order chi connectivity index (χ1) is 12.8. The SMILES string of the molecule is CCc1nnc2n1C[C@@H](CNCc1cnc(-c3ccccc3)nc1)CC2. The maximum atomic E-state index is 4.49. The molecule has 0 fully saturated rings. The number of hydrogen-bond donors (Lipinski definition) is 1. The average Bonchev–Trinajstić information content (AvgIpc) is 3.11. The van der Waals surface area contributed by atoms with Crippen LogP contribution in [0.5, 0.6) is 0 Å². The maximum absolute atomic E-state index is 4.49. The van der Waals surface area contributed by atoms with Crippen LogP contribution in [-0.2, 0) is 25.9 Å². The summed E-state index contributed by atoms with van der Waals surface area (Å²) in [5.74, 6) is 3.64. The van der Waals surface area contributed by atoms with Crippen molar-refractivity contribution in [1.29, 1.82) is 0 Å². The van der Waals surface area contributed by atoms with Crippen molar-refractivity contribution >= 4 is 0 Å². The van der Waals surface area contributed by atoms with E-state index in [1.165, 1.54) is 0 Å². The summed E-state index contributed by atoms with van der Waals surface area (Å²) in [4.78, 5) is 8.98. The third-order valence-electron chi connectivity index (χ3n) is 4.94. The molecule has 4 rings (SSSR count). The number of aromatic nitrogens is 5. The molecule has 134 valence electrons. The Labute approximate surface area is 153 Å². The largest absolute Gasteiger partial charge is 0.315 e. The predicted octanol–water partition coefficient (Wildman–Crippen LogP) is 2.65. The Balaban J connectivity index is 1.30. The molecule has 0 spiro atoms. The topological polar surface area (TPSA) is 68.5 Å². The van der Waals surface area contributed by atoms with Gasteiger partial charge in [-0.05, 0) is 18.9 Å². The molecular formula is C20H24N6. The molecule has 1 N–H and O–H groups in total. The van der Waals surface area contributed by atoms with E-state index < -0.39 is 0 Å². The highest BCUT2D eigenvalue weighted by atomic mass is 15.3. The minimum absolute atomic E-state index is 0.619. The molecule has 0 bridgehead atoms. The molecule has 26 heavy (non-hydrogen) atoms. The smallest absolute Gasteiger partial charge is 0.159 e. The van der Waals surface area contributed by atoms with Crippen LogP contribution < -0.4 is 5.32 Å². The first kappa shape index (κ1) is 16.8. The van der Waals surface area contributed by atoms with Gasteiger partial charge in [0.1, 0.15) is 11.6 Å². The van der Waals surface area contributed by atoms with Gasteiger partial charge in [0.25, 0.3) is 0 Å². The molecule has 0 amide bonds. The molecule has 6 nitrogen and oxygen atoms in total. The Bertz CT molecular complexity index is 827. The van der Waals surface area contributed by atoms with E-state index in [4.69, 9.17) is 0 Å². The highest BCUT2D eigenvalue weighted by molar-refractivity contribution is 5.53. The lowest BCUT2D eigenvalue weighted by Gasteiger charge is -2.24. The minimum atomic E-state index is 0.619. The van der Waals surface area contributed by atoms with Crippen molar-refractivity contribution in [2.75, 3.05) is 6.54 Å². The van der Waals surface area contributed by atoms with Crippen LogP contribution in [0.15, 0.2) is 42.7 Å². The van der Waals surface area contributed by atoms with Crippen LogP contribution in [0, 0.1) is 5.92 Å². The molecule has 0 saturated heterocycles. The first-order valence-corrected chi connectivity index (χ1v) is 9.31. The van der Waals surface area contributed by atoms with Gasteiger partial charge in [0.15, 0.2) is 5.82 Å². The number of aryl methyl sites for hydroxylation is 2. The summed E-state index contributed by atoms with van der Waals surface area (Å²) in [5, 5.41) is 12.1. The van der Waals surface area contributed by atoms with Crippen molar-refractivity contribution in [3.63, 3.8) is 0 Å². The zero-order valence-corrected chi connectivity index (χ0v) is 15.1. The molecule has 0 unspecified atom stereocenters. The van der Waals surface area contributed by atoms with Gasteiger partial charge in [-0.25, -0.2) is 9.97 Å². The molecule has 0 radical (unpaired) electrons. The lowest BCUT2D eigenvalue weighted by molar-refractivity contribution is 0.342. The molecule has 2 aromatic heterocycles. The van der Waals surface area contributed by atoms with Crippen molar-refractivity contribution in [3.8, 4) is 11.4 Å². The fraction of sp³-hybridized carbons (Fsp3) is 0.400. The van der Waals surface area contributed by atoms with Crippen molar-refractivity contribution < 1.29 is 0 Å². The van der Waals surface area contributed by atoms with E-state index in [9.17, 15) is 0 Å². The standard InChI is InChI=1S/C20H24N6/c1-2-18-24-25-19-9-8-15(14-26(18)19)10-21-11-16-12-22-20(23-13-16)17-6-4-3-5-7-17/h3-7,12-13,15,21H,2,8-11,14H2,1H3/t15-/m1/s1. The van der Waals surface area contributed by atoms with Crippen LogP contribution >= 0.6 is 0 Å². The first-order valence-electron chi connectivity index (χ1n) is 9.31. The molecule has 6 heteroatoms. The molecule has 1 aliphatic rings. The quantitative estimate of drug-likeness (QED) is 0.742. The summed E-state index contributed by atoms with van der Waals surface area (Å²) in [7, 11) is 0. The van der Waals surface area contributed by atoms with E-state index >= 15 is 0 Å². The number of hydrogen-bond acceptors (Lipinski definition) is 5. The predicted molar refractivity (Wildman–Crippen MR) is 100 cm³/mol. The van der Waals surface area contributed by atoms with E-state index in [1.807, 2.05) is 42.7 Å². The van der Waals surface area contributed by atoms with Crippen LogP contribution in [-0.4, -0.2) is 31.3 Å². The second-order valence-electron chi connectivity index (χ2n) is 6.81. The van der Waals surface area contributed by atoms with Gasteiger partial charge in [-0.3, -0.25) is 0 Å². The highest BCUT2D eigenvalue weighted by Crippen LogP contribution is 2.20. The summed E-state index contributed by atoms with van der Waals surface area (Å²) in [5.41, 5.74) is 2.16. The minimum Gasteiger partial charge on any atom is -0.315 e. The molecule has 1 atom stereocenters. The molecule has 1 aliphatic heterocycles. The van der Waals surface area contributed by atoms with Crippen LogP contribution in [0.2, 0.25) is 0 Å². The number of benzene rings is 1. The molecular weight excluding hydrogens is 324 g/mol. The summed E-state index contributed by atoms with van der Waals surface area (Å²) < 4.78 is 2.30.